The number of hydrogen-bond acceptors (Lipinski definition) is 9. The molecule has 0 bridgehead atoms. The van der Waals surface area contributed by atoms with Gasteiger partial charge in [-0.1, -0.05) is 6.07 Å². The summed E-state index contributed by atoms with van der Waals surface area (Å²) >= 11 is 0. The number of nitrogens with zero attached hydrogens (tertiary/aromatic N) is 3. The first-order valence-corrected chi connectivity index (χ1v) is 13.4. The Morgan fingerprint density at radius 3 is 2.63 bits per heavy atom. The molecule has 3 aliphatic rings. The van der Waals surface area contributed by atoms with Crippen LogP contribution in [0.15, 0.2) is 35.6 Å². The Morgan fingerprint density at radius 2 is 1.94 bits per heavy atom. The number of benzene rings is 1. The van der Waals surface area contributed by atoms with E-state index >= 15 is 0 Å². The molecule has 2 N–H and O–H groups in total. The molecule has 0 unspecified atom stereocenters. The highest BCUT2D eigenvalue weighted by Gasteiger charge is 2.57. The summed E-state index contributed by atoms with van der Waals surface area (Å²) in [6.45, 7) is 5.83. The molecule has 1 aromatic heterocycles. The fourth-order valence-corrected chi connectivity index (χ4v) is 6.95. The minimum Gasteiger partial charge on any atom is -0.493 e. The summed E-state index contributed by atoms with van der Waals surface area (Å²) in [6.07, 6.45) is 5.62. The molecule has 1 saturated carbocycles. The van der Waals surface area contributed by atoms with Gasteiger partial charge >= 0.3 is 0 Å². The molecule has 0 saturated heterocycles. The number of aliphatic imine (C=N–C) groups is 1. The van der Waals surface area contributed by atoms with E-state index in [1.165, 1.54) is 25.2 Å². The van der Waals surface area contributed by atoms with Gasteiger partial charge in [-0.3, -0.25) is 9.79 Å². The van der Waals surface area contributed by atoms with Gasteiger partial charge in [0.25, 0.3) is 0 Å². The van der Waals surface area contributed by atoms with Crippen LogP contribution in [0.4, 0.5) is 0 Å². The Balaban J connectivity index is 1.42. The van der Waals surface area contributed by atoms with E-state index in [1.54, 1.807) is 39.0 Å². The SMILES string of the molecule is CC1(C)C(N)=N[C@]2(C)c3cc(CC(=O)c4cnc(OCC5CC5)cn4)ccc3OCC[C@H]2S1(=O)=O. The maximum Gasteiger partial charge on any atom is 0.232 e. The molecule has 2 aliphatic heterocycles. The summed E-state index contributed by atoms with van der Waals surface area (Å²) in [7, 11) is -3.66. The molecule has 2 atom stereocenters. The maximum absolute atomic E-state index is 13.5. The van der Waals surface area contributed by atoms with Gasteiger partial charge in [0.2, 0.25) is 5.88 Å². The number of rotatable bonds is 6. The van der Waals surface area contributed by atoms with E-state index in [0.29, 0.717) is 41.7 Å². The summed E-state index contributed by atoms with van der Waals surface area (Å²) in [6, 6.07) is 5.37. The van der Waals surface area contributed by atoms with E-state index in [-0.39, 0.29) is 30.3 Å². The lowest BCUT2D eigenvalue weighted by Gasteiger charge is -2.43. The second-order valence-electron chi connectivity index (χ2n) is 10.3. The number of Topliss-reactive ketones (excluding diaryl/α,β-unsaturated/α-hetero) is 1. The van der Waals surface area contributed by atoms with Crippen molar-refractivity contribution in [3.05, 3.63) is 47.4 Å². The van der Waals surface area contributed by atoms with E-state index in [4.69, 9.17) is 20.2 Å². The number of amidine groups is 1. The van der Waals surface area contributed by atoms with Crippen molar-refractivity contribution < 1.29 is 22.7 Å². The minimum atomic E-state index is -3.66. The highest BCUT2D eigenvalue weighted by Crippen LogP contribution is 2.48. The first kappa shape index (κ1) is 23.7. The highest BCUT2D eigenvalue weighted by atomic mass is 32.2. The van der Waals surface area contributed by atoms with E-state index in [9.17, 15) is 13.2 Å². The Labute approximate surface area is 205 Å². The lowest BCUT2D eigenvalue weighted by Crippen LogP contribution is -2.59. The number of carbonyl (C=O) groups excluding carboxylic acids is 1. The van der Waals surface area contributed by atoms with Crippen molar-refractivity contribution in [2.75, 3.05) is 13.2 Å². The molecule has 1 aliphatic carbocycles. The standard InChI is InChI=1S/C25H30N4O5S/c1-24(2)23(26)29-25(3)17-10-16(6-7-20(17)33-9-8-21(25)35(24,31)32)11-19(30)18-12-28-22(13-27-18)34-14-15-4-5-15/h6-7,10,12-13,15,21H,4-5,8-9,11,14H2,1-3H3,(H2,26,29)/t21-,25-/m1/s1. The molecule has 0 spiro atoms. The van der Waals surface area contributed by atoms with Crippen LogP contribution in [0.5, 0.6) is 11.6 Å². The predicted octanol–water partition coefficient (Wildman–Crippen LogP) is 2.62. The molecule has 3 heterocycles. The van der Waals surface area contributed by atoms with Gasteiger partial charge in [-0.25, -0.2) is 18.4 Å². The summed E-state index contributed by atoms with van der Waals surface area (Å²) in [5.74, 6) is 1.43. The van der Waals surface area contributed by atoms with Gasteiger partial charge in [0.05, 0.1) is 30.9 Å². The average molecular weight is 499 g/mol. The monoisotopic (exact) mass is 498 g/mol. The molecule has 2 aromatic rings. The number of fused-ring (bicyclic) bond motifs is 3. The van der Waals surface area contributed by atoms with Crippen LogP contribution in [-0.2, 0) is 21.8 Å². The summed E-state index contributed by atoms with van der Waals surface area (Å²) in [5, 5.41) is -0.793. The van der Waals surface area contributed by atoms with Crippen molar-refractivity contribution in [3.8, 4) is 11.6 Å². The Hall–Kier alpha value is -3.01. The Kier molecular flexibility index (Phi) is 5.62. The largest absolute Gasteiger partial charge is 0.493 e. The van der Waals surface area contributed by atoms with Crippen LogP contribution in [0.2, 0.25) is 0 Å². The third kappa shape index (κ3) is 4.07. The average Bonchev–Trinajstić information content (AvgIpc) is 3.65. The number of aromatic nitrogens is 2. The summed E-state index contributed by atoms with van der Waals surface area (Å²) in [5.41, 5.74) is 6.62. The smallest absolute Gasteiger partial charge is 0.232 e. The Morgan fingerprint density at radius 1 is 1.17 bits per heavy atom. The molecule has 0 radical (unpaired) electrons. The van der Waals surface area contributed by atoms with Crippen molar-refractivity contribution in [2.24, 2.45) is 16.6 Å². The number of ether oxygens (including phenoxy) is 2. The molecular formula is C25H30N4O5S. The fraction of sp³-hybridized carbons (Fsp3) is 0.520. The molecule has 1 fully saturated rings. The van der Waals surface area contributed by atoms with Gasteiger partial charge in [-0.15, -0.1) is 0 Å². The molecule has 0 amide bonds. The van der Waals surface area contributed by atoms with E-state index in [0.717, 1.165) is 0 Å². The van der Waals surface area contributed by atoms with Crippen LogP contribution in [0.25, 0.3) is 0 Å². The fourth-order valence-electron chi connectivity index (χ4n) is 4.71. The van der Waals surface area contributed by atoms with Crippen LogP contribution in [-0.4, -0.2) is 53.2 Å². The molecule has 1 aromatic carbocycles. The zero-order chi connectivity index (χ0) is 25.0. The normalized spacial score (nSPS) is 26.4. The second kappa shape index (κ2) is 8.29. The third-order valence-electron chi connectivity index (χ3n) is 7.35. The third-order valence-corrected chi connectivity index (χ3v) is 10.4. The van der Waals surface area contributed by atoms with Gasteiger partial charge in [0, 0.05) is 18.4 Å². The van der Waals surface area contributed by atoms with Crippen LogP contribution in [0, 0.1) is 5.92 Å². The highest BCUT2D eigenvalue weighted by molar-refractivity contribution is 7.94. The first-order chi connectivity index (χ1) is 16.5. The van der Waals surface area contributed by atoms with E-state index in [1.807, 2.05) is 0 Å². The zero-order valence-corrected chi connectivity index (χ0v) is 21.0. The second-order valence-corrected chi connectivity index (χ2v) is 12.9. The van der Waals surface area contributed by atoms with Crippen LogP contribution < -0.4 is 15.2 Å². The van der Waals surface area contributed by atoms with Gasteiger partial charge in [-0.05, 0) is 57.2 Å². The number of sulfone groups is 1. The van der Waals surface area contributed by atoms with Crippen molar-refractivity contribution in [1.82, 2.24) is 9.97 Å². The summed E-state index contributed by atoms with van der Waals surface area (Å²) in [4.78, 5) is 26.1. The van der Waals surface area contributed by atoms with Gasteiger partial charge < -0.3 is 15.2 Å². The van der Waals surface area contributed by atoms with Crippen LogP contribution in [0.3, 0.4) is 0 Å². The lowest BCUT2D eigenvalue weighted by molar-refractivity contribution is 0.0987. The molecule has 186 valence electrons. The van der Waals surface area contributed by atoms with Crippen molar-refractivity contribution in [3.63, 3.8) is 0 Å². The number of carbonyl (C=O) groups is 1. The predicted molar refractivity (Wildman–Crippen MR) is 131 cm³/mol. The summed E-state index contributed by atoms with van der Waals surface area (Å²) < 4.78 is 37.3. The van der Waals surface area contributed by atoms with E-state index < -0.39 is 25.4 Å². The maximum atomic E-state index is 13.5. The number of hydrogen-bond donors (Lipinski definition) is 1. The van der Waals surface area contributed by atoms with Gasteiger partial charge in [-0.2, -0.15) is 0 Å². The van der Waals surface area contributed by atoms with Gasteiger partial charge in [0.15, 0.2) is 15.6 Å². The first-order valence-electron chi connectivity index (χ1n) is 11.9. The van der Waals surface area contributed by atoms with E-state index in [2.05, 4.69) is 9.97 Å². The zero-order valence-electron chi connectivity index (χ0n) is 20.2. The van der Waals surface area contributed by atoms with Crippen LogP contribution in [0.1, 0.15) is 61.6 Å². The van der Waals surface area contributed by atoms with Crippen molar-refractivity contribution in [1.29, 1.82) is 0 Å². The molecule has 35 heavy (non-hydrogen) atoms. The topological polar surface area (TPSA) is 134 Å². The molecular weight excluding hydrogens is 468 g/mol. The van der Waals surface area contributed by atoms with Crippen molar-refractivity contribution in [2.45, 2.75) is 62.0 Å². The van der Waals surface area contributed by atoms with Crippen LogP contribution >= 0.6 is 0 Å². The molecule has 5 rings (SSSR count). The number of nitrogens with two attached hydrogens (primary N) is 1. The Bertz CT molecular complexity index is 1300. The quantitative estimate of drug-likeness (QED) is 0.601. The molecule has 9 nitrogen and oxygen atoms in total. The van der Waals surface area contributed by atoms with Crippen molar-refractivity contribution >= 4 is 21.5 Å². The minimum absolute atomic E-state index is 0.0718. The molecule has 10 heteroatoms. The van der Waals surface area contributed by atoms with Gasteiger partial charge in [0.1, 0.15) is 27.6 Å². The lowest BCUT2D eigenvalue weighted by atomic mass is 9.85. The number of ketones is 1.